The van der Waals surface area contributed by atoms with Crippen LogP contribution >= 0.6 is 0 Å². The van der Waals surface area contributed by atoms with E-state index in [1.165, 1.54) is 30.1 Å². The second kappa shape index (κ2) is 11.0. The lowest BCUT2D eigenvalue weighted by Gasteiger charge is -2.23. The zero-order valence-electron chi connectivity index (χ0n) is 20.8. The van der Waals surface area contributed by atoms with E-state index in [1.54, 1.807) is 24.3 Å². The highest BCUT2D eigenvalue weighted by molar-refractivity contribution is 5.92. The molecule has 0 aliphatic carbocycles. The van der Waals surface area contributed by atoms with Crippen molar-refractivity contribution in [3.8, 4) is 23.0 Å². The van der Waals surface area contributed by atoms with Crippen molar-refractivity contribution in [1.29, 1.82) is 0 Å². The molecule has 10 nitrogen and oxygen atoms in total. The van der Waals surface area contributed by atoms with Crippen molar-refractivity contribution in [1.82, 2.24) is 29.8 Å². The number of nitrogens with one attached hydrogen (secondary N) is 2. The number of aromatic nitrogens is 5. The number of amides is 1. The van der Waals surface area contributed by atoms with Crippen LogP contribution in [0.2, 0.25) is 0 Å². The van der Waals surface area contributed by atoms with Gasteiger partial charge in [0.05, 0.1) is 29.5 Å². The number of aromatic amines is 1. The number of carbonyl (C=O) groups is 1. The normalized spacial score (nSPS) is 11.3. The second-order valence-corrected chi connectivity index (χ2v) is 8.47. The minimum Gasteiger partial charge on any atom is -0.457 e. The van der Waals surface area contributed by atoms with Crippen LogP contribution in [0.4, 0.5) is 29.2 Å². The fraction of sp³-hybridized carbons (Fsp3) is 0.154. The number of carbonyl (C=O) groups excluding carboxylic acids is 1. The summed E-state index contributed by atoms with van der Waals surface area (Å²) in [5, 5.41) is 11.4. The van der Waals surface area contributed by atoms with Gasteiger partial charge in [0, 0.05) is 38.0 Å². The number of fused-ring (bicyclic) bond motifs is 1. The molecule has 0 atom stereocenters. The van der Waals surface area contributed by atoms with Crippen molar-refractivity contribution in [3.63, 3.8) is 0 Å². The molecule has 0 unspecified atom stereocenters. The van der Waals surface area contributed by atoms with Gasteiger partial charge in [0.2, 0.25) is 5.95 Å². The number of H-pyrrole nitrogens is 1. The van der Waals surface area contributed by atoms with Crippen LogP contribution in [0.1, 0.15) is 10.5 Å². The number of nitrogens with zero attached hydrogens (tertiary/aromatic N) is 5. The number of pyridine rings is 1. The summed E-state index contributed by atoms with van der Waals surface area (Å²) in [7, 11) is 1.48. The van der Waals surface area contributed by atoms with Crippen molar-refractivity contribution < 1.29 is 32.2 Å². The molecule has 0 spiro atoms. The molecule has 0 bridgehead atoms. The number of alkyl halides is 2. The summed E-state index contributed by atoms with van der Waals surface area (Å²) in [6.45, 7) is -3.31. The van der Waals surface area contributed by atoms with Crippen LogP contribution in [0, 0.1) is 11.6 Å². The molecule has 2 aromatic carbocycles. The number of ether oxygens (including phenoxy) is 1. The number of aryl methyl sites for hydroxylation is 1. The van der Waals surface area contributed by atoms with E-state index in [0.29, 0.717) is 39.5 Å². The third kappa shape index (κ3) is 5.29. The lowest BCUT2D eigenvalue weighted by Crippen LogP contribution is -2.27. The van der Waals surface area contributed by atoms with E-state index in [-0.39, 0.29) is 30.3 Å². The number of benzene rings is 2. The molecule has 5 aromatic rings. The first-order valence-corrected chi connectivity index (χ1v) is 11.8. The van der Waals surface area contributed by atoms with Crippen LogP contribution in [0.15, 0.2) is 60.9 Å². The molecule has 0 saturated carbocycles. The minimum atomic E-state index is -3.21. The van der Waals surface area contributed by atoms with Crippen LogP contribution in [0.5, 0.6) is 11.5 Å². The van der Waals surface area contributed by atoms with Gasteiger partial charge < -0.3 is 24.7 Å². The van der Waals surface area contributed by atoms with Crippen molar-refractivity contribution >= 4 is 28.6 Å². The number of hydrogen-bond acceptors (Lipinski definition) is 7. The van der Waals surface area contributed by atoms with Gasteiger partial charge >= 0.3 is 6.55 Å². The molecule has 0 aliphatic rings. The van der Waals surface area contributed by atoms with Crippen LogP contribution in [-0.4, -0.2) is 55.2 Å². The van der Waals surface area contributed by atoms with E-state index in [9.17, 15) is 22.4 Å². The molecule has 5 rings (SSSR count). The third-order valence-corrected chi connectivity index (χ3v) is 5.83. The van der Waals surface area contributed by atoms with Gasteiger partial charge in [-0.2, -0.15) is 8.78 Å². The van der Waals surface area contributed by atoms with Crippen LogP contribution < -0.4 is 15.0 Å². The number of aliphatic hydroxyl groups is 1. The number of halogens is 4. The maximum absolute atomic E-state index is 14.4. The monoisotopic (exact) mass is 555 g/mol. The molecule has 3 N–H and O–H groups in total. The number of hydrogen-bond donors (Lipinski definition) is 3. The lowest BCUT2D eigenvalue weighted by molar-refractivity contribution is 0.0940. The first kappa shape index (κ1) is 26.6. The predicted octanol–water partition coefficient (Wildman–Crippen LogP) is 4.51. The summed E-state index contributed by atoms with van der Waals surface area (Å²) in [6.07, 6.45) is 2.81. The molecular weight excluding hydrogens is 534 g/mol. The number of aliphatic hydroxyl groups excluding tert-OH is 1. The quantitative estimate of drug-likeness (QED) is 0.181. The molecule has 40 heavy (non-hydrogen) atoms. The standard InChI is InChI=1S/C26H21F4N7O3/c1-36-21-5-3-15(11-18(21)35-26(36)37(25(29)30)22-10-14(27)2-4-17(22)28)40-16-6-7-31-19(12-16)23-33-13-20(34-23)24(39)32-8-9-38/h2-7,10-13,25,38H,8-9H2,1H3,(H,32,39)(H,33,34). The van der Waals surface area contributed by atoms with E-state index in [1.807, 2.05) is 0 Å². The molecule has 0 saturated heterocycles. The van der Waals surface area contributed by atoms with Gasteiger partial charge in [-0.3, -0.25) is 14.7 Å². The lowest BCUT2D eigenvalue weighted by atomic mass is 10.3. The van der Waals surface area contributed by atoms with E-state index in [0.717, 1.165) is 12.1 Å². The Morgan fingerprint density at radius 2 is 1.93 bits per heavy atom. The van der Waals surface area contributed by atoms with E-state index in [4.69, 9.17) is 9.84 Å². The van der Waals surface area contributed by atoms with Crippen LogP contribution in [0.25, 0.3) is 22.6 Å². The molecular formula is C26H21F4N7O3. The Kier molecular flexibility index (Phi) is 7.33. The van der Waals surface area contributed by atoms with Gasteiger partial charge in [-0.25, -0.2) is 18.7 Å². The molecule has 0 aliphatic heterocycles. The topological polar surface area (TPSA) is 121 Å². The average Bonchev–Trinajstić information content (AvgIpc) is 3.55. The fourth-order valence-electron chi connectivity index (χ4n) is 3.99. The van der Waals surface area contributed by atoms with Gasteiger partial charge in [-0.1, -0.05) is 0 Å². The molecule has 1 amide bonds. The largest absolute Gasteiger partial charge is 0.457 e. The molecule has 14 heteroatoms. The van der Waals surface area contributed by atoms with Gasteiger partial charge in [-0.15, -0.1) is 0 Å². The highest BCUT2D eigenvalue weighted by atomic mass is 19.3. The number of rotatable bonds is 9. The van der Waals surface area contributed by atoms with E-state index >= 15 is 0 Å². The predicted molar refractivity (Wildman–Crippen MR) is 137 cm³/mol. The number of imidazole rings is 2. The van der Waals surface area contributed by atoms with Gasteiger partial charge in [0.1, 0.15) is 34.5 Å². The van der Waals surface area contributed by atoms with Gasteiger partial charge in [0.15, 0.2) is 5.82 Å². The maximum atomic E-state index is 14.4. The van der Waals surface area contributed by atoms with Crippen molar-refractivity contribution in [2.45, 2.75) is 6.55 Å². The van der Waals surface area contributed by atoms with Crippen molar-refractivity contribution in [2.24, 2.45) is 7.05 Å². The van der Waals surface area contributed by atoms with Crippen molar-refractivity contribution in [2.75, 3.05) is 18.1 Å². The Bertz CT molecular complexity index is 1690. The van der Waals surface area contributed by atoms with Crippen molar-refractivity contribution in [3.05, 3.63) is 78.3 Å². The minimum absolute atomic E-state index is 0.0960. The first-order chi connectivity index (χ1) is 19.2. The highest BCUT2D eigenvalue weighted by Gasteiger charge is 2.27. The van der Waals surface area contributed by atoms with Crippen LogP contribution in [0.3, 0.4) is 0 Å². The Morgan fingerprint density at radius 3 is 2.70 bits per heavy atom. The van der Waals surface area contributed by atoms with E-state index in [2.05, 4.69) is 25.3 Å². The van der Waals surface area contributed by atoms with Crippen LogP contribution in [-0.2, 0) is 7.05 Å². The molecule has 3 aromatic heterocycles. The third-order valence-electron chi connectivity index (χ3n) is 5.83. The summed E-state index contributed by atoms with van der Waals surface area (Å²) in [5.74, 6) is -1.65. The average molecular weight is 555 g/mol. The Hall–Kier alpha value is -4.98. The summed E-state index contributed by atoms with van der Waals surface area (Å²) >= 11 is 0. The molecule has 0 radical (unpaired) electrons. The highest BCUT2D eigenvalue weighted by Crippen LogP contribution is 2.35. The maximum Gasteiger partial charge on any atom is 0.321 e. The van der Waals surface area contributed by atoms with Gasteiger partial charge in [0.25, 0.3) is 5.91 Å². The molecule has 206 valence electrons. The molecule has 3 heterocycles. The van der Waals surface area contributed by atoms with E-state index < -0.39 is 29.8 Å². The Labute approximate surface area is 223 Å². The molecule has 0 fully saturated rings. The summed E-state index contributed by atoms with van der Waals surface area (Å²) < 4.78 is 63.5. The zero-order chi connectivity index (χ0) is 28.4. The Morgan fingerprint density at radius 1 is 1.12 bits per heavy atom. The summed E-state index contributed by atoms with van der Waals surface area (Å²) in [5.41, 5.74) is 0.633. The second-order valence-electron chi connectivity index (χ2n) is 8.47. The smallest absolute Gasteiger partial charge is 0.321 e. The summed E-state index contributed by atoms with van der Waals surface area (Å²) in [4.78, 5) is 27.9. The SMILES string of the molecule is Cn1c(N(c2cc(F)ccc2F)C(F)F)nc2cc(Oc3ccnc(-c4ncc(C(=O)NCCO)[nH]4)c3)ccc21. The Balaban J connectivity index is 1.41. The fourth-order valence-corrected chi connectivity index (χ4v) is 3.99. The van der Waals surface area contributed by atoms with Gasteiger partial charge in [-0.05, 0) is 30.3 Å². The first-order valence-electron chi connectivity index (χ1n) is 11.8. The number of anilines is 2. The zero-order valence-corrected chi connectivity index (χ0v) is 20.8. The summed E-state index contributed by atoms with van der Waals surface area (Å²) in [6, 6.07) is 10.2.